The lowest BCUT2D eigenvalue weighted by atomic mass is 9.73. The Morgan fingerprint density at radius 2 is 2.16 bits per heavy atom. The number of fused-ring (bicyclic) bond motifs is 1. The number of carbonyl (C=O) groups excluding carboxylic acids is 1. The molecule has 0 bridgehead atoms. The second-order valence-electron chi connectivity index (χ2n) is 7.24. The third kappa shape index (κ3) is 2.45. The van der Waals surface area contributed by atoms with Gasteiger partial charge in [0.05, 0.1) is 7.11 Å². The van der Waals surface area contributed by atoms with Crippen LogP contribution in [0.25, 0.3) is 0 Å². The van der Waals surface area contributed by atoms with E-state index in [9.17, 15) is 9.90 Å². The number of hydrogen-bond donors (Lipinski definition) is 2. The summed E-state index contributed by atoms with van der Waals surface area (Å²) in [6, 6.07) is 4.59. The van der Waals surface area contributed by atoms with Crippen molar-refractivity contribution in [3.8, 4) is 11.5 Å². The number of carbonyl (C=O) groups is 1. The molecule has 2 aliphatic rings. The first-order valence-corrected chi connectivity index (χ1v) is 8.08. The smallest absolute Gasteiger partial charge is 0.248 e. The molecule has 130 valence electrons. The van der Waals surface area contributed by atoms with Gasteiger partial charge < -0.3 is 15.2 Å². The van der Waals surface area contributed by atoms with Crippen LogP contribution in [0.3, 0.4) is 0 Å². The molecule has 8 heteroatoms. The molecule has 1 aromatic carbocycles. The first-order valence-electron chi connectivity index (χ1n) is 8.08. The molecule has 0 saturated heterocycles. The number of hydrogen-bond acceptors (Lipinski definition) is 7. The van der Waals surface area contributed by atoms with Crippen LogP contribution in [0.1, 0.15) is 38.3 Å². The molecule has 2 aromatic rings. The number of ether oxygens (including phenoxy) is 1. The molecule has 0 saturated carbocycles. The van der Waals surface area contributed by atoms with Crippen molar-refractivity contribution in [2.24, 2.45) is 5.41 Å². The number of aromatic hydroxyl groups is 1. The number of Topliss-reactive ketones (excluding diaryl/α,β-unsaturated/α-hetero) is 1. The van der Waals surface area contributed by atoms with Crippen molar-refractivity contribution >= 4 is 11.7 Å². The molecule has 0 spiro atoms. The molecular weight excluding hydrogens is 322 g/mol. The Hall–Kier alpha value is -2.90. The maximum Gasteiger partial charge on any atom is 0.248 e. The molecule has 0 radical (unpaired) electrons. The van der Waals surface area contributed by atoms with E-state index in [0.29, 0.717) is 23.7 Å². The maximum absolute atomic E-state index is 12.9. The van der Waals surface area contributed by atoms with Crippen LogP contribution in [0.2, 0.25) is 0 Å². The lowest BCUT2D eigenvalue weighted by Gasteiger charge is -2.37. The van der Waals surface area contributed by atoms with Crippen molar-refractivity contribution in [3.05, 3.63) is 35.0 Å². The van der Waals surface area contributed by atoms with E-state index >= 15 is 0 Å². The number of nitrogens with one attached hydrogen (secondary N) is 1. The summed E-state index contributed by atoms with van der Waals surface area (Å²) in [7, 11) is 1.49. The van der Waals surface area contributed by atoms with E-state index in [0.717, 1.165) is 17.7 Å². The minimum atomic E-state index is -0.445. The van der Waals surface area contributed by atoms with Gasteiger partial charge in [0.25, 0.3) is 0 Å². The minimum absolute atomic E-state index is 0.0439. The molecule has 1 atom stereocenters. The average Bonchev–Trinajstić information content (AvgIpc) is 3.00. The van der Waals surface area contributed by atoms with Crippen LogP contribution >= 0.6 is 0 Å². The Kier molecular flexibility index (Phi) is 3.31. The fraction of sp³-hybridized carbons (Fsp3) is 0.412. The molecule has 4 rings (SSSR count). The highest BCUT2D eigenvalue weighted by Gasteiger charge is 2.41. The molecule has 2 N–H and O–H groups in total. The van der Waals surface area contributed by atoms with Crippen molar-refractivity contribution in [2.75, 3.05) is 12.4 Å². The number of aromatic nitrogens is 4. The number of phenolic OH excluding ortho intramolecular Hbond substituents is 1. The quantitative estimate of drug-likeness (QED) is 0.862. The zero-order chi connectivity index (χ0) is 17.8. The van der Waals surface area contributed by atoms with Crippen LogP contribution in [0.15, 0.2) is 29.5 Å². The van der Waals surface area contributed by atoms with Crippen molar-refractivity contribution in [2.45, 2.75) is 32.7 Å². The molecule has 2 heterocycles. The lowest BCUT2D eigenvalue weighted by Crippen LogP contribution is -2.36. The highest BCUT2D eigenvalue weighted by atomic mass is 16.5. The Bertz CT molecular complexity index is 899. The zero-order valence-corrected chi connectivity index (χ0v) is 14.3. The van der Waals surface area contributed by atoms with Crippen LogP contribution in [0.5, 0.6) is 11.5 Å². The summed E-state index contributed by atoms with van der Waals surface area (Å²) in [4.78, 5) is 12.9. The Balaban J connectivity index is 1.90. The van der Waals surface area contributed by atoms with Crippen LogP contribution in [-0.4, -0.2) is 38.2 Å². The van der Waals surface area contributed by atoms with E-state index in [1.165, 1.54) is 7.11 Å². The van der Waals surface area contributed by atoms with E-state index < -0.39 is 6.04 Å². The summed E-state index contributed by atoms with van der Waals surface area (Å²) < 4.78 is 6.81. The van der Waals surface area contributed by atoms with Crippen molar-refractivity contribution < 1.29 is 14.6 Å². The average molecular weight is 341 g/mol. The summed E-state index contributed by atoms with van der Waals surface area (Å²) in [5.41, 5.74) is 2.20. The number of ketones is 1. The van der Waals surface area contributed by atoms with Gasteiger partial charge in [0.15, 0.2) is 17.3 Å². The van der Waals surface area contributed by atoms with E-state index in [1.54, 1.807) is 22.9 Å². The fourth-order valence-electron chi connectivity index (χ4n) is 3.64. The van der Waals surface area contributed by atoms with Crippen LogP contribution in [0, 0.1) is 5.41 Å². The van der Waals surface area contributed by atoms with Gasteiger partial charge in [0.2, 0.25) is 5.95 Å². The van der Waals surface area contributed by atoms with E-state index in [2.05, 4.69) is 34.7 Å². The summed E-state index contributed by atoms with van der Waals surface area (Å²) in [6.45, 7) is 4.15. The molecule has 25 heavy (non-hydrogen) atoms. The summed E-state index contributed by atoms with van der Waals surface area (Å²) in [5, 5.41) is 24.9. The Labute approximate surface area is 144 Å². The second-order valence-corrected chi connectivity index (χ2v) is 7.24. The number of anilines is 1. The standard InChI is InChI=1S/C17H19N5O3/c1-17(2)7-10-14(12(24)8-17)15(22-16(18-10)19-20-21-22)9-4-5-11(23)13(6-9)25-3/h4-6,15,23H,7-8H2,1-3H3,(H,18,19,21)/t15-/m0/s1. The van der Waals surface area contributed by atoms with Gasteiger partial charge in [-0.05, 0) is 40.0 Å². The van der Waals surface area contributed by atoms with Crippen LogP contribution < -0.4 is 10.1 Å². The third-order valence-corrected chi connectivity index (χ3v) is 4.71. The van der Waals surface area contributed by atoms with Gasteiger partial charge in [0, 0.05) is 17.7 Å². The first-order chi connectivity index (χ1) is 11.9. The molecule has 1 aromatic heterocycles. The minimum Gasteiger partial charge on any atom is -0.504 e. The first kappa shape index (κ1) is 15.6. The number of allylic oxidation sites excluding steroid dienone is 2. The van der Waals surface area contributed by atoms with Crippen molar-refractivity contribution in [3.63, 3.8) is 0 Å². The van der Waals surface area contributed by atoms with E-state index in [-0.39, 0.29) is 16.9 Å². The molecule has 1 aliphatic heterocycles. The van der Waals surface area contributed by atoms with Gasteiger partial charge in [0.1, 0.15) is 6.04 Å². The van der Waals surface area contributed by atoms with Crippen molar-refractivity contribution in [1.29, 1.82) is 0 Å². The van der Waals surface area contributed by atoms with Gasteiger partial charge in [-0.2, -0.15) is 4.68 Å². The van der Waals surface area contributed by atoms with Crippen LogP contribution in [-0.2, 0) is 4.79 Å². The zero-order valence-electron chi connectivity index (χ0n) is 14.3. The Morgan fingerprint density at radius 1 is 1.36 bits per heavy atom. The lowest BCUT2D eigenvalue weighted by molar-refractivity contribution is -0.118. The number of methoxy groups -OCH3 is 1. The predicted molar refractivity (Wildman–Crippen MR) is 89.3 cm³/mol. The Morgan fingerprint density at radius 3 is 2.92 bits per heavy atom. The van der Waals surface area contributed by atoms with Gasteiger partial charge >= 0.3 is 0 Å². The molecule has 0 amide bonds. The van der Waals surface area contributed by atoms with Gasteiger partial charge in [-0.3, -0.25) is 4.79 Å². The van der Waals surface area contributed by atoms with Gasteiger partial charge in [-0.15, -0.1) is 0 Å². The third-order valence-electron chi connectivity index (χ3n) is 4.71. The normalized spacial score (nSPS) is 21.4. The van der Waals surface area contributed by atoms with Crippen molar-refractivity contribution in [1.82, 2.24) is 20.2 Å². The molecule has 1 aliphatic carbocycles. The summed E-state index contributed by atoms with van der Waals surface area (Å²) >= 11 is 0. The second kappa shape index (κ2) is 5.30. The number of rotatable bonds is 2. The largest absolute Gasteiger partial charge is 0.504 e. The van der Waals surface area contributed by atoms with Gasteiger partial charge in [-0.1, -0.05) is 25.0 Å². The van der Waals surface area contributed by atoms with Crippen LogP contribution in [0.4, 0.5) is 5.95 Å². The maximum atomic E-state index is 12.9. The number of benzene rings is 1. The molecule has 8 nitrogen and oxygen atoms in total. The molecular formula is C17H19N5O3. The highest BCUT2D eigenvalue weighted by molar-refractivity contribution is 6.00. The molecule has 0 unspecified atom stereocenters. The number of nitrogens with zero attached hydrogens (tertiary/aromatic N) is 4. The summed E-state index contributed by atoms with van der Waals surface area (Å²) in [5.74, 6) is 0.969. The van der Waals surface area contributed by atoms with E-state index in [4.69, 9.17) is 4.74 Å². The van der Waals surface area contributed by atoms with Gasteiger partial charge in [-0.25, -0.2) is 0 Å². The highest BCUT2D eigenvalue weighted by Crippen LogP contribution is 2.45. The predicted octanol–water partition coefficient (Wildman–Crippen LogP) is 2.05. The fourth-order valence-corrected chi connectivity index (χ4v) is 3.64. The molecule has 0 fully saturated rings. The summed E-state index contributed by atoms with van der Waals surface area (Å²) in [6.07, 6.45) is 1.21. The monoisotopic (exact) mass is 341 g/mol. The topological polar surface area (TPSA) is 102 Å². The number of tetrazole rings is 1. The SMILES string of the molecule is COc1cc([C@H]2C3=C(CC(C)(C)CC3=O)Nc3nnnn32)ccc1O. The van der Waals surface area contributed by atoms with E-state index in [1.807, 2.05) is 0 Å². The number of phenols is 1.